The number of nitrogens with two attached hydrogens (primary N) is 1. The molecule has 0 spiro atoms. The van der Waals surface area contributed by atoms with Crippen molar-refractivity contribution in [1.29, 1.82) is 0 Å². The van der Waals surface area contributed by atoms with Crippen molar-refractivity contribution < 1.29 is 13.2 Å². The zero-order chi connectivity index (χ0) is 15.6. The number of anilines is 2. The Hall–Kier alpha value is -1.63. The van der Waals surface area contributed by atoms with Crippen molar-refractivity contribution >= 4 is 44.6 Å². The third kappa shape index (κ3) is 3.53. The van der Waals surface area contributed by atoms with E-state index >= 15 is 0 Å². The lowest BCUT2D eigenvalue weighted by Crippen LogP contribution is -2.14. The first kappa shape index (κ1) is 15.8. The van der Waals surface area contributed by atoms with E-state index in [0.717, 1.165) is 0 Å². The quantitative estimate of drug-likeness (QED) is 0.831. The molecule has 0 fully saturated rings. The van der Waals surface area contributed by atoms with Crippen LogP contribution in [0.3, 0.4) is 0 Å². The number of hydrogen-bond donors (Lipinski definition) is 2. The van der Waals surface area contributed by atoms with Crippen molar-refractivity contribution in [3.63, 3.8) is 0 Å². The molecule has 2 aromatic carbocycles. The van der Waals surface area contributed by atoms with E-state index in [2.05, 4.69) is 4.72 Å². The molecule has 0 aliphatic heterocycles. The van der Waals surface area contributed by atoms with Crippen LogP contribution in [0.5, 0.6) is 5.75 Å². The van der Waals surface area contributed by atoms with Crippen molar-refractivity contribution in [2.45, 2.75) is 4.90 Å². The molecular weight excluding hydrogens is 335 g/mol. The number of sulfonamides is 1. The lowest BCUT2D eigenvalue weighted by molar-refractivity contribution is 0.415. The molecule has 0 saturated carbocycles. The summed E-state index contributed by atoms with van der Waals surface area (Å²) in [7, 11) is -2.39. The Bertz CT molecular complexity index is 779. The number of rotatable bonds is 4. The van der Waals surface area contributed by atoms with Crippen molar-refractivity contribution in [2.75, 3.05) is 17.6 Å². The summed E-state index contributed by atoms with van der Waals surface area (Å²) in [6.07, 6.45) is 0. The number of nitrogen functional groups attached to an aromatic ring is 1. The fourth-order valence-corrected chi connectivity index (χ4v) is 3.24. The molecular formula is C13H12Cl2N2O3S. The highest BCUT2D eigenvalue weighted by Gasteiger charge is 2.18. The largest absolute Gasteiger partial charge is 0.495 e. The average molecular weight is 347 g/mol. The standard InChI is InChI=1S/C13H12Cl2N2O3S/c1-20-12-7-9(3-4-10(12)15)17-21(18,19)13-5-2-8(14)6-11(13)16/h2-7,17H,16H2,1H3. The average Bonchev–Trinajstić information content (AvgIpc) is 2.40. The molecule has 0 heterocycles. The summed E-state index contributed by atoms with van der Waals surface area (Å²) in [6.45, 7) is 0. The highest BCUT2D eigenvalue weighted by Crippen LogP contribution is 2.30. The Morgan fingerprint density at radius 2 is 1.86 bits per heavy atom. The van der Waals surface area contributed by atoms with Gasteiger partial charge in [-0.25, -0.2) is 8.42 Å². The summed E-state index contributed by atoms with van der Waals surface area (Å²) in [5.74, 6) is 0.362. The first-order chi connectivity index (χ1) is 9.83. The number of methoxy groups -OCH3 is 1. The number of halogens is 2. The molecule has 0 unspecified atom stereocenters. The summed E-state index contributed by atoms with van der Waals surface area (Å²) >= 11 is 11.6. The minimum Gasteiger partial charge on any atom is -0.495 e. The zero-order valence-corrected chi connectivity index (χ0v) is 13.3. The van der Waals surface area contributed by atoms with Gasteiger partial charge < -0.3 is 10.5 Å². The second kappa shape index (κ2) is 6.01. The fraction of sp³-hybridized carbons (Fsp3) is 0.0769. The molecule has 3 N–H and O–H groups in total. The van der Waals surface area contributed by atoms with Crippen molar-refractivity contribution in [3.05, 3.63) is 46.4 Å². The van der Waals surface area contributed by atoms with Gasteiger partial charge in [-0.05, 0) is 30.3 Å². The van der Waals surface area contributed by atoms with E-state index in [4.69, 9.17) is 33.7 Å². The Kier molecular flexibility index (Phi) is 4.51. The van der Waals surface area contributed by atoms with Crippen LogP contribution < -0.4 is 15.2 Å². The zero-order valence-electron chi connectivity index (χ0n) is 10.9. The van der Waals surface area contributed by atoms with Gasteiger partial charge in [0.2, 0.25) is 0 Å². The first-order valence-electron chi connectivity index (χ1n) is 5.75. The molecule has 0 radical (unpaired) electrons. The minimum atomic E-state index is -3.83. The highest BCUT2D eigenvalue weighted by molar-refractivity contribution is 7.92. The summed E-state index contributed by atoms with van der Waals surface area (Å²) < 4.78 is 32.1. The van der Waals surface area contributed by atoms with Gasteiger partial charge in [0.05, 0.1) is 23.5 Å². The van der Waals surface area contributed by atoms with Crippen LogP contribution in [0, 0.1) is 0 Å². The predicted molar refractivity (Wildman–Crippen MR) is 84.7 cm³/mol. The van der Waals surface area contributed by atoms with Crippen molar-refractivity contribution in [3.8, 4) is 5.75 Å². The normalized spacial score (nSPS) is 11.2. The Morgan fingerprint density at radius 3 is 2.48 bits per heavy atom. The fourth-order valence-electron chi connectivity index (χ4n) is 1.70. The third-order valence-electron chi connectivity index (χ3n) is 2.66. The summed E-state index contributed by atoms with van der Waals surface area (Å²) in [5.41, 5.74) is 6.07. The Labute approximate surface area is 132 Å². The molecule has 0 atom stereocenters. The number of benzene rings is 2. The molecule has 0 saturated heterocycles. The molecule has 0 aromatic heterocycles. The molecule has 0 bridgehead atoms. The second-order valence-corrected chi connectivity index (χ2v) is 6.63. The van der Waals surface area contributed by atoms with Crippen LogP contribution in [0.25, 0.3) is 0 Å². The van der Waals surface area contributed by atoms with Gasteiger partial charge in [-0.2, -0.15) is 0 Å². The van der Waals surface area contributed by atoms with Gasteiger partial charge in [0.1, 0.15) is 10.6 Å². The summed E-state index contributed by atoms with van der Waals surface area (Å²) in [6, 6.07) is 8.70. The summed E-state index contributed by atoms with van der Waals surface area (Å²) in [5, 5.41) is 0.742. The molecule has 21 heavy (non-hydrogen) atoms. The molecule has 0 aliphatic rings. The maximum atomic E-state index is 12.3. The van der Waals surface area contributed by atoms with Gasteiger partial charge in [0.25, 0.3) is 10.0 Å². The Morgan fingerprint density at radius 1 is 1.14 bits per heavy atom. The number of nitrogens with one attached hydrogen (secondary N) is 1. The van der Waals surface area contributed by atoms with Gasteiger partial charge in [-0.3, -0.25) is 4.72 Å². The van der Waals surface area contributed by atoms with E-state index in [1.165, 1.54) is 43.5 Å². The molecule has 0 aliphatic carbocycles. The van der Waals surface area contributed by atoms with Crippen LogP contribution in [-0.4, -0.2) is 15.5 Å². The van der Waals surface area contributed by atoms with Gasteiger partial charge in [0, 0.05) is 11.1 Å². The second-order valence-electron chi connectivity index (χ2n) is 4.14. The Balaban J connectivity index is 2.37. The van der Waals surface area contributed by atoms with Gasteiger partial charge in [-0.1, -0.05) is 23.2 Å². The topological polar surface area (TPSA) is 81.4 Å². The van der Waals surface area contributed by atoms with Crippen LogP contribution in [0.1, 0.15) is 0 Å². The van der Waals surface area contributed by atoms with E-state index in [1.54, 1.807) is 0 Å². The molecule has 0 amide bonds. The van der Waals surface area contributed by atoms with E-state index in [0.29, 0.717) is 21.5 Å². The van der Waals surface area contributed by atoms with Crippen LogP contribution in [0.15, 0.2) is 41.3 Å². The SMILES string of the molecule is COc1cc(NS(=O)(=O)c2ccc(Cl)cc2N)ccc1Cl. The molecule has 5 nitrogen and oxygen atoms in total. The minimum absolute atomic E-state index is 0.0548. The van der Waals surface area contributed by atoms with Crippen molar-refractivity contribution in [2.24, 2.45) is 0 Å². The lowest BCUT2D eigenvalue weighted by atomic mass is 10.3. The molecule has 2 rings (SSSR count). The van der Waals surface area contributed by atoms with Crippen LogP contribution >= 0.6 is 23.2 Å². The molecule has 2 aromatic rings. The lowest BCUT2D eigenvalue weighted by Gasteiger charge is -2.12. The maximum absolute atomic E-state index is 12.3. The molecule has 112 valence electrons. The van der Waals surface area contributed by atoms with Gasteiger partial charge in [-0.15, -0.1) is 0 Å². The van der Waals surface area contributed by atoms with Gasteiger partial charge >= 0.3 is 0 Å². The smallest absolute Gasteiger partial charge is 0.263 e. The van der Waals surface area contributed by atoms with Crippen molar-refractivity contribution in [1.82, 2.24) is 0 Å². The third-order valence-corrected chi connectivity index (χ3v) is 4.67. The predicted octanol–water partition coefficient (Wildman–Crippen LogP) is 3.39. The van der Waals surface area contributed by atoms with Crippen LogP contribution in [0.4, 0.5) is 11.4 Å². The van der Waals surface area contributed by atoms with E-state index < -0.39 is 10.0 Å². The van der Waals surface area contributed by atoms with Gasteiger partial charge in [0.15, 0.2) is 0 Å². The monoisotopic (exact) mass is 346 g/mol. The van der Waals surface area contributed by atoms with E-state index in [9.17, 15) is 8.42 Å². The number of hydrogen-bond acceptors (Lipinski definition) is 4. The number of ether oxygens (including phenoxy) is 1. The summed E-state index contributed by atoms with van der Waals surface area (Å²) in [4.78, 5) is -0.0548. The molecule has 8 heteroatoms. The first-order valence-corrected chi connectivity index (χ1v) is 7.99. The maximum Gasteiger partial charge on any atom is 0.263 e. The van der Waals surface area contributed by atoms with E-state index in [1.807, 2.05) is 0 Å². The highest BCUT2D eigenvalue weighted by atomic mass is 35.5. The van der Waals surface area contributed by atoms with Crippen LogP contribution in [0.2, 0.25) is 10.0 Å². The van der Waals surface area contributed by atoms with Crippen LogP contribution in [-0.2, 0) is 10.0 Å². The van der Waals surface area contributed by atoms with E-state index in [-0.39, 0.29) is 10.6 Å².